The molecule has 1 aliphatic heterocycles. The fourth-order valence-corrected chi connectivity index (χ4v) is 5.38. The number of halogens is 1. The number of nitrogens with one attached hydrogen (secondary N) is 1. The Kier molecular flexibility index (Phi) is 9.92. The Hall–Kier alpha value is -5.29. The first-order valence-corrected chi connectivity index (χ1v) is 14.7. The lowest BCUT2D eigenvalue weighted by Crippen LogP contribution is -2.33. The van der Waals surface area contributed by atoms with E-state index in [1.54, 1.807) is 36.4 Å². The fraction of sp³-hybridized carbons (Fsp3) is 0.257. The predicted molar refractivity (Wildman–Crippen MR) is 170 cm³/mol. The number of carbonyl (C=O) groups is 2. The van der Waals surface area contributed by atoms with Gasteiger partial charge in [0.2, 0.25) is 5.91 Å². The molecule has 11 heteroatoms. The average Bonchev–Trinajstić information content (AvgIpc) is 3.42. The Morgan fingerprint density at radius 1 is 0.891 bits per heavy atom. The van der Waals surface area contributed by atoms with Crippen LogP contribution >= 0.6 is 0 Å². The minimum Gasteiger partial charge on any atom is -0.504 e. The summed E-state index contributed by atoms with van der Waals surface area (Å²) in [6.45, 7) is 3.39. The molecule has 4 aromatic rings. The highest BCUT2D eigenvalue weighted by Gasteiger charge is 2.32. The molecule has 1 atom stereocenters. The van der Waals surface area contributed by atoms with Gasteiger partial charge in [-0.2, -0.15) is 0 Å². The van der Waals surface area contributed by atoms with Gasteiger partial charge in [-0.15, -0.1) is 0 Å². The first-order valence-electron chi connectivity index (χ1n) is 14.7. The number of methoxy groups -OCH3 is 2. The standard InChI is InChI=1S/C35H36FN3O7/c1-22(40)37-17-28-21-39(35(43)46-28)27-10-11-29(30(36)16-27)26-8-4-23(5-9-26)18-38(19-24-6-12-31(41)33(14-24)44-2)20-25-7-13-32(42)34(15-25)45-3/h4-16,28,41-42H,17-21H2,1-3H3,(H,37,40). The summed E-state index contributed by atoms with van der Waals surface area (Å²) in [5.74, 6) is 0.180. The second-order valence-electron chi connectivity index (χ2n) is 11.1. The van der Waals surface area contributed by atoms with E-state index in [0.29, 0.717) is 47.9 Å². The minimum atomic E-state index is -0.590. The van der Waals surface area contributed by atoms with E-state index in [4.69, 9.17) is 14.2 Å². The number of ether oxygens (including phenoxy) is 3. The van der Waals surface area contributed by atoms with Crippen LogP contribution in [0.25, 0.3) is 11.1 Å². The molecular formula is C35H36FN3O7. The second kappa shape index (κ2) is 14.2. The summed E-state index contributed by atoms with van der Waals surface area (Å²) in [7, 11) is 3.01. The Balaban J connectivity index is 1.32. The lowest BCUT2D eigenvalue weighted by Gasteiger charge is -2.24. The molecule has 1 aliphatic rings. The van der Waals surface area contributed by atoms with Crippen LogP contribution in [0.4, 0.5) is 14.9 Å². The number of benzene rings is 4. The molecule has 4 aromatic carbocycles. The number of carbonyl (C=O) groups excluding carboxylic acids is 2. The van der Waals surface area contributed by atoms with Gasteiger partial charge in [0.25, 0.3) is 0 Å². The van der Waals surface area contributed by atoms with E-state index in [0.717, 1.165) is 16.7 Å². The highest BCUT2D eigenvalue weighted by molar-refractivity contribution is 5.90. The molecule has 10 nitrogen and oxygen atoms in total. The van der Waals surface area contributed by atoms with Crippen LogP contribution in [0.2, 0.25) is 0 Å². The number of nitrogens with zero attached hydrogens (tertiary/aromatic N) is 2. The molecule has 0 radical (unpaired) electrons. The van der Waals surface area contributed by atoms with Crippen molar-refractivity contribution in [1.82, 2.24) is 10.2 Å². The van der Waals surface area contributed by atoms with Gasteiger partial charge in [-0.05, 0) is 64.7 Å². The molecule has 1 unspecified atom stereocenters. The van der Waals surface area contributed by atoms with Crippen molar-refractivity contribution in [1.29, 1.82) is 0 Å². The van der Waals surface area contributed by atoms with Crippen LogP contribution in [-0.4, -0.2) is 60.5 Å². The summed E-state index contributed by atoms with van der Waals surface area (Å²) in [6, 6.07) is 22.7. The van der Waals surface area contributed by atoms with E-state index >= 15 is 4.39 Å². The first-order chi connectivity index (χ1) is 22.1. The molecule has 0 saturated carbocycles. The van der Waals surface area contributed by atoms with Gasteiger partial charge in [0, 0.05) is 32.1 Å². The highest BCUT2D eigenvalue weighted by Crippen LogP contribution is 2.31. The smallest absolute Gasteiger partial charge is 0.414 e. The summed E-state index contributed by atoms with van der Waals surface area (Å²) >= 11 is 0. The molecule has 46 heavy (non-hydrogen) atoms. The summed E-state index contributed by atoms with van der Waals surface area (Å²) in [5.41, 5.74) is 4.30. The van der Waals surface area contributed by atoms with Gasteiger partial charge in [0.15, 0.2) is 23.0 Å². The lowest BCUT2D eigenvalue weighted by atomic mass is 10.0. The molecule has 1 fully saturated rings. The zero-order valence-electron chi connectivity index (χ0n) is 25.8. The predicted octanol–water partition coefficient (Wildman–Crippen LogP) is 5.58. The largest absolute Gasteiger partial charge is 0.504 e. The second-order valence-corrected chi connectivity index (χ2v) is 11.1. The Morgan fingerprint density at radius 2 is 1.46 bits per heavy atom. The SMILES string of the molecule is COc1cc(CN(Cc2ccc(-c3ccc(N4CC(CNC(C)=O)OC4=O)cc3F)cc2)Cc2ccc(O)c(OC)c2)ccc1O. The number of anilines is 1. The first kappa shape index (κ1) is 32.1. The third-order valence-corrected chi connectivity index (χ3v) is 7.69. The van der Waals surface area contributed by atoms with Crippen molar-refractivity contribution in [3.63, 3.8) is 0 Å². The zero-order chi connectivity index (χ0) is 32.8. The van der Waals surface area contributed by atoms with Gasteiger partial charge in [-0.1, -0.05) is 36.4 Å². The molecule has 240 valence electrons. The summed E-state index contributed by atoms with van der Waals surface area (Å²) in [6.07, 6.45) is -1.11. The summed E-state index contributed by atoms with van der Waals surface area (Å²) < 4.78 is 31.2. The molecule has 1 saturated heterocycles. The van der Waals surface area contributed by atoms with Crippen molar-refractivity contribution in [2.45, 2.75) is 32.7 Å². The van der Waals surface area contributed by atoms with Gasteiger partial charge in [-0.3, -0.25) is 14.6 Å². The van der Waals surface area contributed by atoms with E-state index in [-0.39, 0.29) is 30.5 Å². The molecule has 1 heterocycles. The molecule has 2 amide bonds. The number of hydrogen-bond acceptors (Lipinski definition) is 8. The van der Waals surface area contributed by atoms with E-state index in [1.807, 2.05) is 36.4 Å². The van der Waals surface area contributed by atoms with Crippen LogP contribution in [0.5, 0.6) is 23.0 Å². The highest BCUT2D eigenvalue weighted by atomic mass is 19.1. The van der Waals surface area contributed by atoms with Crippen LogP contribution in [0.15, 0.2) is 78.9 Å². The van der Waals surface area contributed by atoms with Crippen molar-refractivity contribution < 1.29 is 38.4 Å². The molecular weight excluding hydrogens is 593 g/mol. The summed E-state index contributed by atoms with van der Waals surface area (Å²) in [4.78, 5) is 27.1. The topological polar surface area (TPSA) is 121 Å². The molecule has 3 N–H and O–H groups in total. The Bertz CT molecular complexity index is 1660. The van der Waals surface area contributed by atoms with E-state index < -0.39 is 18.0 Å². The van der Waals surface area contributed by atoms with Crippen molar-refractivity contribution >= 4 is 17.7 Å². The minimum absolute atomic E-state index is 0.0587. The molecule has 0 aromatic heterocycles. The van der Waals surface area contributed by atoms with Crippen LogP contribution in [0.3, 0.4) is 0 Å². The van der Waals surface area contributed by atoms with Crippen LogP contribution in [0.1, 0.15) is 23.6 Å². The monoisotopic (exact) mass is 629 g/mol. The maximum Gasteiger partial charge on any atom is 0.414 e. The number of hydrogen-bond donors (Lipinski definition) is 3. The van der Waals surface area contributed by atoms with Gasteiger partial charge in [0.05, 0.1) is 33.0 Å². The van der Waals surface area contributed by atoms with Gasteiger partial charge >= 0.3 is 6.09 Å². The van der Waals surface area contributed by atoms with Gasteiger partial charge in [0.1, 0.15) is 11.9 Å². The third kappa shape index (κ3) is 7.67. The zero-order valence-corrected chi connectivity index (χ0v) is 25.8. The van der Waals surface area contributed by atoms with Crippen molar-refractivity contribution in [3.8, 4) is 34.1 Å². The van der Waals surface area contributed by atoms with Crippen molar-refractivity contribution in [3.05, 3.63) is 101 Å². The maximum absolute atomic E-state index is 15.3. The molecule has 0 bridgehead atoms. The summed E-state index contributed by atoms with van der Waals surface area (Å²) in [5, 5.41) is 22.7. The molecule has 5 rings (SSSR count). The number of phenols is 2. The van der Waals surface area contributed by atoms with E-state index in [2.05, 4.69) is 10.2 Å². The fourth-order valence-electron chi connectivity index (χ4n) is 5.38. The Labute approximate surface area is 266 Å². The third-order valence-electron chi connectivity index (χ3n) is 7.69. The number of cyclic esters (lactones) is 1. The average molecular weight is 630 g/mol. The molecule has 0 spiro atoms. The number of rotatable bonds is 12. The Morgan fingerprint density at radius 3 is 2.00 bits per heavy atom. The normalized spacial score (nSPS) is 14.3. The number of amides is 2. The quantitative estimate of drug-likeness (QED) is 0.186. The number of phenolic OH excluding ortho intramolecular Hbond substituents is 2. The lowest BCUT2D eigenvalue weighted by molar-refractivity contribution is -0.119. The van der Waals surface area contributed by atoms with Crippen LogP contribution in [-0.2, 0) is 29.2 Å². The van der Waals surface area contributed by atoms with Crippen LogP contribution in [0, 0.1) is 5.82 Å². The van der Waals surface area contributed by atoms with Crippen molar-refractivity contribution in [2.24, 2.45) is 0 Å². The van der Waals surface area contributed by atoms with E-state index in [9.17, 15) is 19.8 Å². The molecule has 0 aliphatic carbocycles. The van der Waals surface area contributed by atoms with Gasteiger partial charge < -0.3 is 29.7 Å². The van der Waals surface area contributed by atoms with Crippen molar-refractivity contribution in [2.75, 3.05) is 32.2 Å². The maximum atomic E-state index is 15.3. The van der Waals surface area contributed by atoms with E-state index in [1.165, 1.54) is 32.1 Å². The van der Waals surface area contributed by atoms with Gasteiger partial charge in [-0.25, -0.2) is 9.18 Å². The number of aromatic hydroxyl groups is 2. The van der Waals surface area contributed by atoms with Crippen LogP contribution < -0.4 is 19.7 Å².